The van der Waals surface area contributed by atoms with E-state index in [9.17, 15) is 14.7 Å². The van der Waals surface area contributed by atoms with Gasteiger partial charge in [-0.05, 0) is 12.1 Å². The molecule has 0 atom stereocenters. The van der Waals surface area contributed by atoms with Gasteiger partial charge in [-0.25, -0.2) is 4.79 Å². The molecule has 2 N–H and O–H groups in total. The van der Waals surface area contributed by atoms with Crippen molar-refractivity contribution in [2.24, 2.45) is 7.05 Å². The first-order chi connectivity index (χ1) is 8.50. The summed E-state index contributed by atoms with van der Waals surface area (Å²) in [7, 11) is 1.73. The van der Waals surface area contributed by atoms with Crippen LogP contribution < -0.4 is 0 Å². The number of hydrogen-bond acceptors (Lipinski definition) is 3. The van der Waals surface area contributed by atoms with Crippen LogP contribution in [-0.4, -0.2) is 26.5 Å². The lowest BCUT2D eigenvalue weighted by Gasteiger charge is -2.02. The third kappa shape index (κ3) is 1.98. The molecule has 92 valence electrons. The topological polar surface area (TPSA) is 79.5 Å². The van der Waals surface area contributed by atoms with Crippen LogP contribution >= 0.6 is 0 Å². The zero-order chi connectivity index (χ0) is 13.3. The highest BCUT2D eigenvalue weighted by atomic mass is 16.4. The van der Waals surface area contributed by atoms with Crippen molar-refractivity contribution in [3.8, 4) is 0 Å². The van der Waals surface area contributed by atoms with E-state index in [1.165, 1.54) is 0 Å². The lowest BCUT2D eigenvalue weighted by molar-refractivity contribution is -0.146. The number of carboxylic acids is 1. The number of carbonyl (C=O) groups is 2. The molecule has 0 unspecified atom stereocenters. The molecule has 5 heteroatoms. The Bertz CT molecular complexity index is 667. The molecule has 5 nitrogen and oxygen atoms in total. The van der Waals surface area contributed by atoms with E-state index in [0.29, 0.717) is 11.8 Å². The maximum Gasteiger partial charge on any atom is 0.376 e. The van der Waals surface area contributed by atoms with Crippen LogP contribution in [0.1, 0.15) is 5.69 Å². The van der Waals surface area contributed by atoms with Crippen molar-refractivity contribution in [2.45, 2.75) is 0 Å². The van der Waals surface area contributed by atoms with Crippen molar-refractivity contribution in [3.63, 3.8) is 0 Å². The van der Waals surface area contributed by atoms with Crippen LogP contribution in [0, 0.1) is 0 Å². The van der Waals surface area contributed by atoms with Crippen molar-refractivity contribution in [1.82, 2.24) is 4.57 Å². The molecule has 1 aromatic heterocycles. The summed E-state index contributed by atoms with van der Waals surface area (Å²) in [5, 5.41) is 19.2. The summed E-state index contributed by atoms with van der Waals surface area (Å²) in [5.74, 6) is -3.11. The summed E-state index contributed by atoms with van der Waals surface area (Å²) in [6.07, 6.45) is 0.705. The van der Waals surface area contributed by atoms with Crippen molar-refractivity contribution < 1.29 is 19.8 Å². The van der Waals surface area contributed by atoms with Gasteiger partial charge in [0.25, 0.3) is 5.78 Å². The minimum absolute atomic E-state index is 0.360. The fraction of sp³-hybridized carbons (Fsp3) is 0.0769. The highest BCUT2D eigenvalue weighted by molar-refractivity contribution is 6.38. The van der Waals surface area contributed by atoms with Crippen LogP contribution in [0.2, 0.25) is 0 Å². The number of aliphatic carboxylic acids is 1. The molecule has 0 amide bonds. The molecule has 0 fully saturated rings. The molecule has 2 rings (SSSR count). The number of rotatable bonds is 3. The largest absolute Gasteiger partial charge is 0.506 e. The minimum Gasteiger partial charge on any atom is -0.506 e. The third-order valence-electron chi connectivity index (χ3n) is 2.69. The molecule has 18 heavy (non-hydrogen) atoms. The van der Waals surface area contributed by atoms with Crippen molar-refractivity contribution in [1.29, 1.82) is 0 Å². The number of aliphatic hydroxyl groups is 1. The molecule has 0 saturated heterocycles. The fourth-order valence-corrected chi connectivity index (χ4v) is 1.79. The lowest BCUT2D eigenvalue weighted by atomic mass is 10.2. The summed E-state index contributed by atoms with van der Waals surface area (Å²) < 4.78 is 1.69. The van der Waals surface area contributed by atoms with Crippen LogP contribution in [0.15, 0.2) is 36.4 Å². The Hall–Kier alpha value is -2.56. The van der Waals surface area contributed by atoms with Crippen LogP contribution in [0.4, 0.5) is 0 Å². The molecule has 2 aromatic rings. The second-order valence-corrected chi connectivity index (χ2v) is 3.85. The van der Waals surface area contributed by atoms with E-state index in [4.69, 9.17) is 5.11 Å². The normalized spacial score (nSPS) is 11.7. The summed E-state index contributed by atoms with van der Waals surface area (Å²) in [5.41, 5.74) is 1.28. The maximum atomic E-state index is 11.0. The highest BCUT2D eigenvalue weighted by Crippen LogP contribution is 2.22. The zero-order valence-corrected chi connectivity index (χ0v) is 9.62. The Labute approximate surface area is 103 Å². The Morgan fingerprint density at radius 1 is 1.22 bits per heavy atom. The van der Waals surface area contributed by atoms with E-state index in [0.717, 1.165) is 10.9 Å². The molecular weight excluding hydrogens is 234 g/mol. The minimum atomic E-state index is -1.60. The van der Waals surface area contributed by atoms with E-state index in [1.54, 1.807) is 17.7 Å². The predicted molar refractivity (Wildman–Crippen MR) is 66.2 cm³/mol. The van der Waals surface area contributed by atoms with Gasteiger partial charge in [-0.3, -0.25) is 4.79 Å². The monoisotopic (exact) mass is 245 g/mol. The number of ketones is 1. The van der Waals surface area contributed by atoms with Crippen molar-refractivity contribution >= 4 is 28.4 Å². The first-order valence-corrected chi connectivity index (χ1v) is 5.23. The van der Waals surface area contributed by atoms with Crippen molar-refractivity contribution in [2.75, 3.05) is 0 Å². The van der Waals surface area contributed by atoms with Gasteiger partial charge in [-0.2, -0.15) is 0 Å². The van der Waals surface area contributed by atoms with Crippen LogP contribution in [0.25, 0.3) is 16.7 Å². The van der Waals surface area contributed by atoms with Gasteiger partial charge in [0, 0.05) is 24.0 Å². The zero-order valence-electron chi connectivity index (χ0n) is 9.62. The maximum absolute atomic E-state index is 11.0. The summed E-state index contributed by atoms with van der Waals surface area (Å²) in [6, 6.07) is 9.14. The summed E-state index contributed by atoms with van der Waals surface area (Å²) in [6.45, 7) is 0. The number of carboxylic acid groups (broad SMARTS) is 1. The molecule has 0 aliphatic carbocycles. The molecule has 0 radical (unpaired) electrons. The smallest absolute Gasteiger partial charge is 0.376 e. The highest BCUT2D eigenvalue weighted by Gasteiger charge is 2.13. The first kappa shape index (κ1) is 11.9. The molecule has 0 aliphatic rings. The molecular formula is C13H11NO4. The Balaban J connectivity index is 2.51. The second-order valence-electron chi connectivity index (χ2n) is 3.85. The Morgan fingerprint density at radius 2 is 1.89 bits per heavy atom. The molecule has 0 saturated carbocycles. The van der Waals surface area contributed by atoms with Gasteiger partial charge in [0.05, 0.1) is 5.69 Å². The van der Waals surface area contributed by atoms with Gasteiger partial charge in [0.15, 0.2) is 0 Å². The number of carbonyl (C=O) groups excluding carboxylic acids is 1. The van der Waals surface area contributed by atoms with Gasteiger partial charge in [-0.15, -0.1) is 0 Å². The number of hydrogen-bond donors (Lipinski definition) is 2. The number of aryl methyl sites for hydroxylation is 1. The molecule has 0 aliphatic heterocycles. The average Bonchev–Trinajstić information content (AvgIpc) is 2.67. The predicted octanol–water partition coefficient (Wildman–Crippen LogP) is 1.73. The van der Waals surface area contributed by atoms with Crippen molar-refractivity contribution in [3.05, 3.63) is 42.1 Å². The van der Waals surface area contributed by atoms with E-state index < -0.39 is 11.8 Å². The van der Waals surface area contributed by atoms with Gasteiger partial charge in [0.2, 0.25) is 0 Å². The fourth-order valence-electron chi connectivity index (χ4n) is 1.79. The van der Waals surface area contributed by atoms with Gasteiger partial charge in [-0.1, -0.05) is 18.2 Å². The lowest BCUT2D eigenvalue weighted by Crippen LogP contribution is -2.10. The van der Waals surface area contributed by atoms with Gasteiger partial charge < -0.3 is 14.8 Å². The number of aliphatic hydroxyl groups excluding tert-OH is 1. The van der Waals surface area contributed by atoms with Gasteiger partial charge >= 0.3 is 5.97 Å². The first-order valence-electron chi connectivity index (χ1n) is 5.23. The van der Waals surface area contributed by atoms with Gasteiger partial charge in [0.1, 0.15) is 5.76 Å². The van der Waals surface area contributed by atoms with E-state index in [-0.39, 0.29) is 5.76 Å². The average molecular weight is 245 g/mol. The number of benzene rings is 1. The Morgan fingerprint density at radius 3 is 2.50 bits per heavy atom. The quantitative estimate of drug-likeness (QED) is 0.490. The van der Waals surface area contributed by atoms with E-state index in [1.807, 2.05) is 24.3 Å². The number of fused-ring (bicyclic) bond motifs is 1. The number of nitrogens with zero attached hydrogens (tertiary/aromatic N) is 1. The summed E-state index contributed by atoms with van der Waals surface area (Å²) in [4.78, 5) is 21.4. The van der Waals surface area contributed by atoms with Crippen LogP contribution in [0.3, 0.4) is 0 Å². The molecule has 0 spiro atoms. The molecule has 0 bridgehead atoms. The van der Waals surface area contributed by atoms with Crippen LogP contribution in [0.5, 0.6) is 0 Å². The van der Waals surface area contributed by atoms with E-state index >= 15 is 0 Å². The Kier molecular flexibility index (Phi) is 2.89. The second kappa shape index (κ2) is 4.37. The number of aromatic nitrogens is 1. The standard InChI is InChI=1S/C13H11NO4/c1-14-9-5-3-2-4-8(9)6-10(14)11(15)7-12(16)13(17)18/h2-7,15H,1H3,(H,17,18)/b11-7-. The van der Waals surface area contributed by atoms with Crippen LogP contribution in [-0.2, 0) is 16.6 Å². The molecule has 1 heterocycles. The summed E-state index contributed by atoms with van der Waals surface area (Å²) >= 11 is 0. The SMILES string of the molecule is Cn1c(/C(O)=C/C(=O)C(=O)O)cc2ccccc21. The third-order valence-corrected chi connectivity index (χ3v) is 2.69. The molecule has 1 aromatic carbocycles. The van der Waals surface area contributed by atoms with E-state index in [2.05, 4.69) is 0 Å². The number of para-hydroxylation sites is 1.